The fourth-order valence-electron chi connectivity index (χ4n) is 1.53. The van der Waals surface area contributed by atoms with Gasteiger partial charge in [0.05, 0.1) is 13.7 Å². The zero-order chi connectivity index (χ0) is 11.5. The summed E-state index contributed by atoms with van der Waals surface area (Å²) in [6.07, 6.45) is 3.52. The number of aromatic nitrogens is 2. The van der Waals surface area contributed by atoms with Crippen molar-refractivity contribution in [3.63, 3.8) is 0 Å². The van der Waals surface area contributed by atoms with Crippen LogP contribution in [0.15, 0.2) is 35.1 Å². The molecule has 0 bridgehead atoms. The molecule has 2 rings (SSSR count). The number of benzene rings is 1. The summed E-state index contributed by atoms with van der Waals surface area (Å²) in [5, 5.41) is 0. The molecule has 2 N–H and O–H groups in total. The maximum absolute atomic E-state index is 5.72. The average Bonchev–Trinajstić information content (AvgIpc) is 2.65. The van der Waals surface area contributed by atoms with Crippen LogP contribution in [0.3, 0.4) is 0 Å². The van der Waals surface area contributed by atoms with Crippen molar-refractivity contribution in [1.82, 2.24) is 9.55 Å². The van der Waals surface area contributed by atoms with Gasteiger partial charge in [0.15, 0.2) is 5.95 Å². The molecule has 0 aliphatic carbocycles. The first-order valence-electron chi connectivity index (χ1n) is 4.79. The molecule has 0 saturated carbocycles. The van der Waals surface area contributed by atoms with Gasteiger partial charge in [0.2, 0.25) is 0 Å². The van der Waals surface area contributed by atoms with Gasteiger partial charge in [-0.25, -0.2) is 4.98 Å². The molecule has 0 aliphatic rings. The first kappa shape index (κ1) is 11.0. The first-order valence-corrected chi connectivity index (χ1v) is 5.59. The monoisotopic (exact) mass is 281 g/mol. The van der Waals surface area contributed by atoms with Gasteiger partial charge in [-0.3, -0.25) is 0 Å². The highest BCUT2D eigenvalue weighted by Crippen LogP contribution is 2.24. The van der Waals surface area contributed by atoms with Crippen molar-refractivity contribution in [3.05, 3.63) is 40.6 Å². The number of methoxy groups -OCH3 is 1. The number of ether oxygens (including phenoxy) is 1. The Morgan fingerprint density at radius 2 is 2.31 bits per heavy atom. The molecule has 0 saturated heterocycles. The van der Waals surface area contributed by atoms with Crippen LogP contribution in [0, 0.1) is 0 Å². The highest BCUT2D eigenvalue weighted by Gasteiger charge is 2.06. The Morgan fingerprint density at radius 3 is 2.94 bits per heavy atom. The van der Waals surface area contributed by atoms with E-state index in [1.807, 2.05) is 29.0 Å². The molecule has 4 nitrogen and oxygen atoms in total. The lowest BCUT2D eigenvalue weighted by Crippen LogP contribution is -2.05. The molecule has 16 heavy (non-hydrogen) atoms. The zero-order valence-electron chi connectivity index (χ0n) is 8.85. The number of anilines is 1. The third-order valence-corrected chi connectivity index (χ3v) is 2.82. The van der Waals surface area contributed by atoms with Gasteiger partial charge >= 0.3 is 0 Å². The zero-order valence-corrected chi connectivity index (χ0v) is 10.4. The Kier molecular flexibility index (Phi) is 3.14. The Morgan fingerprint density at radius 1 is 1.50 bits per heavy atom. The van der Waals surface area contributed by atoms with Gasteiger partial charge in [0.25, 0.3) is 0 Å². The third kappa shape index (κ3) is 2.19. The number of hydrogen-bond acceptors (Lipinski definition) is 3. The van der Waals surface area contributed by atoms with E-state index in [0.29, 0.717) is 12.5 Å². The molecule has 0 fully saturated rings. The largest absolute Gasteiger partial charge is 0.496 e. The molecule has 5 heteroatoms. The molecule has 0 amide bonds. The summed E-state index contributed by atoms with van der Waals surface area (Å²) in [5.74, 6) is 1.35. The molecule has 0 atom stereocenters. The van der Waals surface area contributed by atoms with Crippen LogP contribution in [0.25, 0.3) is 0 Å². The van der Waals surface area contributed by atoms with Crippen LogP contribution in [0.1, 0.15) is 5.56 Å². The topological polar surface area (TPSA) is 53.1 Å². The van der Waals surface area contributed by atoms with E-state index in [9.17, 15) is 0 Å². The second-order valence-electron chi connectivity index (χ2n) is 3.37. The summed E-state index contributed by atoms with van der Waals surface area (Å²) in [6.45, 7) is 0.647. The van der Waals surface area contributed by atoms with Crippen LogP contribution in [-0.4, -0.2) is 16.7 Å². The van der Waals surface area contributed by atoms with Crippen LogP contribution in [0.4, 0.5) is 5.95 Å². The van der Waals surface area contributed by atoms with E-state index >= 15 is 0 Å². The molecular formula is C11H12BrN3O. The van der Waals surface area contributed by atoms with E-state index in [2.05, 4.69) is 20.9 Å². The van der Waals surface area contributed by atoms with Gasteiger partial charge in [0, 0.05) is 22.4 Å². The second-order valence-corrected chi connectivity index (χ2v) is 4.29. The number of hydrogen-bond donors (Lipinski definition) is 1. The number of nitrogens with zero attached hydrogens (tertiary/aromatic N) is 2. The van der Waals surface area contributed by atoms with Gasteiger partial charge < -0.3 is 15.0 Å². The second kappa shape index (κ2) is 4.57. The van der Waals surface area contributed by atoms with E-state index in [-0.39, 0.29) is 0 Å². The molecule has 0 spiro atoms. The fraction of sp³-hybridized carbons (Fsp3) is 0.182. The molecular weight excluding hydrogens is 270 g/mol. The number of imidazole rings is 1. The van der Waals surface area contributed by atoms with Gasteiger partial charge in [-0.1, -0.05) is 15.9 Å². The quantitative estimate of drug-likeness (QED) is 0.939. The molecule has 1 aromatic carbocycles. The van der Waals surface area contributed by atoms with Crippen molar-refractivity contribution in [2.45, 2.75) is 6.54 Å². The Hall–Kier alpha value is -1.49. The summed E-state index contributed by atoms with van der Waals surface area (Å²) >= 11 is 3.44. The minimum Gasteiger partial charge on any atom is -0.496 e. The lowest BCUT2D eigenvalue weighted by molar-refractivity contribution is 0.408. The van der Waals surface area contributed by atoms with Crippen molar-refractivity contribution < 1.29 is 4.74 Å². The highest BCUT2D eigenvalue weighted by molar-refractivity contribution is 9.10. The Bertz CT molecular complexity index is 496. The van der Waals surface area contributed by atoms with Crippen LogP contribution >= 0.6 is 15.9 Å². The SMILES string of the molecule is COc1ccc(Br)cc1Cn1ccnc1N. The van der Waals surface area contributed by atoms with Crippen LogP contribution in [0.2, 0.25) is 0 Å². The van der Waals surface area contributed by atoms with Gasteiger partial charge in [0.1, 0.15) is 5.75 Å². The molecule has 0 aliphatic heterocycles. The standard InChI is InChI=1S/C11H12BrN3O/c1-16-10-3-2-9(12)6-8(10)7-15-5-4-14-11(15)13/h2-6H,7H2,1H3,(H2,13,14). The summed E-state index contributed by atoms with van der Waals surface area (Å²) in [5.41, 5.74) is 6.77. The van der Waals surface area contributed by atoms with Gasteiger partial charge in [-0.15, -0.1) is 0 Å². The maximum Gasteiger partial charge on any atom is 0.200 e. The molecule has 2 aromatic rings. The fourth-order valence-corrected chi connectivity index (χ4v) is 1.94. The summed E-state index contributed by atoms with van der Waals surface area (Å²) in [7, 11) is 1.66. The lowest BCUT2D eigenvalue weighted by atomic mass is 10.2. The normalized spacial score (nSPS) is 10.4. The van der Waals surface area contributed by atoms with Crippen LogP contribution in [-0.2, 0) is 6.54 Å². The van der Waals surface area contributed by atoms with Crippen molar-refractivity contribution in [2.24, 2.45) is 0 Å². The smallest absolute Gasteiger partial charge is 0.200 e. The molecule has 1 heterocycles. The van der Waals surface area contributed by atoms with E-state index in [1.165, 1.54) is 0 Å². The van der Waals surface area contributed by atoms with Crippen molar-refractivity contribution in [1.29, 1.82) is 0 Å². The lowest BCUT2D eigenvalue weighted by Gasteiger charge is -2.10. The predicted octanol–water partition coefficient (Wildman–Crippen LogP) is 2.28. The van der Waals surface area contributed by atoms with E-state index in [4.69, 9.17) is 10.5 Å². The third-order valence-electron chi connectivity index (χ3n) is 2.33. The number of rotatable bonds is 3. The minimum atomic E-state index is 0.502. The van der Waals surface area contributed by atoms with E-state index in [0.717, 1.165) is 15.8 Å². The summed E-state index contributed by atoms with van der Waals surface area (Å²) in [4.78, 5) is 3.98. The van der Waals surface area contributed by atoms with Crippen LogP contribution < -0.4 is 10.5 Å². The van der Waals surface area contributed by atoms with Crippen molar-refractivity contribution in [2.75, 3.05) is 12.8 Å². The molecule has 1 aromatic heterocycles. The van der Waals surface area contributed by atoms with E-state index in [1.54, 1.807) is 13.3 Å². The Labute approximate surface area is 102 Å². The molecule has 0 radical (unpaired) electrons. The first-order chi connectivity index (χ1) is 7.70. The number of nitrogen functional groups attached to an aromatic ring is 1. The van der Waals surface area contributed by atoms with Crippen LogP contribution in [0.5, 0.6) is 5.75 Å². The number of nitrogens with two attached hydrogens (primary N) is 1. The van der Waals surface area contributed by atoms with E-state index < -0.39 is 0 Å². The summed E-state index contributed by atoms with van der Waals surface area (Å²) in [6, 6.07) is 5.88. The minimum absolute atomic E-state index is 0.502. The maximum atomic E-state index is 5.72. The van der Waals surface area contributed by atoms with Gasteiger partial charge in [-0.05, 0) is 18.2 Å². The molecule has 0 unspecified atom stereocenters. The Balaban J connectivity index is 2.33. The van der Waals surface area contributed by atoms with Crippen molar-refractivity contribution >= 4 is 21.9 Å². The molecule has 84 valence electrons. The number of halogens is 1. The van der Waals surface area contributed by atoms with Gasteiger partial charge in [-0.2, -0.15) is 0 Å². The summed E-state index contributed by atoms with van der Waals surface area (Å²) < 4.78 is 8.17. The van der Waals surface area contributed by atoms with Crippen molar-refractivity contribution in [3.8, 4) is 5.75 Å². The highest BCUT2D eigenvalue weighted by atomic mass is 79.9. The average molecular weight is 282 g/mol. The predicted molar refractivity (Wildman–Crippen MR) is 66.4 cm³/mol.